The minimum atomic E-state index is -0.106. The average molecular weight is 465 g/mol. The fourth-order valence-electron chi connectivity index (χ4n) is 4.25. The number of rotatable bonds is 5. The summed E-state index contributed by atoms with van der Waals surface area (Å²) < 4.78 is 11.5. The number of anilines is 1. The number of hydrogen-bond donors (Lipinski definition) is 0. The maximum atomic E-state index is 13.2. The van der Waals surface area contributed by atoms with E-state index >= 15 is 0 Å². The van der Waals surface area contributed by atoms with Crippen molar-refractivity contribution in [3.05, 3.63) is 70.4 Å². The lowest BCUT2D eigenvalue weighted by Crippen LogP contribution is -2.37. The van der Waals surface area contributed by atoms with Crippen LogP contribution in [0.25, 0.3) is 0 Å². The highest BCUT2D eigenvalue weighted by atomic mass is 35.5. The van der Waals surface area contributed by atoms with Gasteiger partial charge in [-0.2, -0.15) is 4.98 Å². The lowest BCUT2D eigenvalue weighted by Gasteiger charge is -2.30. The van der Waals surface area contributed by atoms with Gasteiger partial charge in [-0.25, -0.2) is 4.98 Å². The number of carbonyl (C=O) groups is 1. The van der Waals surface area contributed by atoms with Crippen LogP contribution in [0.4, 0.5) is 5.95 Å². The molecular weight excluding hydrogens is 440 g/mol. The van der Waals surface area contributed by atoms with Crippen LogP contribution in [-0.4, -0.2) is 47.5 Å². The molecule has 0 atom stereocenters. The molecule has 0 aliphatic carbocycles. The van der Waals surface area contributed by atoms with Crippen molar-refractivity contribution in [2.45, 2.75) is 25.8 Å². The normalized spacial score (nSPS) is 15.3. The van der Waals surface area contributed by atoms with Crippen molar-refractivity contribution in [1.29, 1.82) is 0 Å². The summed E-state index contributed by atoms with van der Waals surface area (Å²) in [5.74, 6) is 2.48. The second-order valence-corrected chi connectivity index (χ2v) is 8.59. The summed E-state index contributed by atoms with van der Waals surface area (Å²) in [5, 5.41) is 0.448. The Morgan fingerprint density at radius 3 is 2.42 bits per heavy atom. The molecule has 1 aromatic heterocycles. The molecule has 3 heterocycles. The van der Waals surface area contributed by atoms with Gasteiger partial charge in [0.1, 0.15) is 11.5 Å². The van der Waals surface area contributed by atoms with Crippen molar-refractivity contribution in [1.82, 2.24) is 14.9 Å². The van der Waals surface area contributed by atoms with Crippen LogP contribution in [0.15, 0.2) is 48.5 Å². The molecule has 0 radical (unpaired) electrons. The van der Waals surface area contributed by atoms with E-state index in [2.05, 4.69) is 4.90 Å². The van der Waals surface area contributed by atoms with Gasteiger partial charge in [-0.05, 0) is 49.2 Å². The summed E-state index contributed by atoms with van der Waals surface area (Å²) in [6.45, 7) is 2.82. The molecule has 1 saturated heterocycles. The van der Waals surface area contributed by atoms with Crippen LogP contribution in [0.5, 0.6) is 17.4 Å². The average Bonchev–Trinajstić information content (AvgIpc) is 3.39. The zero-order valence-corrected chi connectivity index (χ0v) is 19.2. The SMILES string of the molecule is COc1ccc(Oc2nc(N3CCCC3)nc3c2CN(C(=O)c2ccccc2Cl)CC3)cc1. The van der Waals surface area contributed by atoms with Crippen molar-refractivity contribution in [2.75, 3.05) is 31.6 Å². The van der Waals surface area contributed by atoms with Crippen LogP contribution < -0.4 is 14.4 Å². The van der Waals surface area contributed by atoms with Crippen LogP contribution >= 0.6 is 11.6 Å². The molecule has 1 fully saturated rings. The molecule has 0 spiro atoms. The molecule has 170 valence electrons. The van der Waals surface area contributed by atoms with Crippen molar-refractivity contribution in [3.8, 4) is 17.4 Å². The van der Waals surface area contributed by atoms with E-state index in [9.17, 15) is 4.79 Å². The lowest BCUT2D eigenvalue weighted by molar-refractivity contribution is 0.0732. The van der Waals surface area contributed by atoms with Crippen LogP contribution in [0.3, 0.4) is 0 Å². The van der Waals surface area contributed by atoms with E-state index in [0.717, 1.165) is 42.9 Å². The zero-order chi connectivity index (χ0) is 22.8. The molecule has 0 N–H and O–H groups in total. The van der Waals surface area contributed by atoms with E-state index in [-0.39, 0.29) is 5.91 Å². The highest BCUT2D eigenvalue weighted by Gasteiger charge is 2.29. The van der Waals surface area contributed by atoms with Crippen LogP contribution in [0.2, 0.25) is 5.02 Å². The number of ether oxygens (including phenoxy) is 2. The second kappa shape index (κ2) is 9.27. The van der Waals surface area contributed by atoms with E-state index < -0.39 is 0 Å². The molecule has 2 aliphatic heterocycles. The van der Waals surface area contributed by atoms with E-state index in [4.69, 9.17) is 31.0 Å². The quantitative estimate of drug-likeness (QED) is 0.543. The first kappa shape index (κ1) is 21.5. The van der Waals surface area contributed by atoms with Gasteiger partial charge in [0.05, 0.1) is 35.5 Å². The molecule has 1 amide bonds. The Bertz CT molecular complexity index is 1160. The number of benzene rings is 2. The number of halogens is 1. The van der Waals surface area contributed by atoms with Gasteiger partial charge < -0.3 is 19.3 Å². The first-order chi connectivity index (χ1) is 16.1. The predicted octanol–water partition coefficient (Wildman–Crippen LogP) is 4.73. The standard InChI is InChI=1S/C25H25ClN4O3/c1-32-17-8-10-18(11-9-17)33-23-20-16-30(24(31)19-6-2-3-7-21(19)26)15-12-22(20)27-25(28-23)29-13-4-5-14-29/h2-3,6-11H,4-5,12-16H2,1H3. The second-order valence-electron chi connectivity index (χ2n) is 8.18. The lowest BCUT2D eigenvalue weighted by atomic mass is 10.1. The Morgan fingerprint density at radius 2 is 1.70 bits per heavy atom. The molecule has 33 heavy (non-hydrogen) atoms. The number of hydrogen-bond acceptors (Lipinski definition) is 6. The highest BCUT2D eigenvalue weighted by Crippen LogP contribution is 2.33. The van der Waals surface area contributed by atoms with Gasteiger partial charge in [-0.1, -0.05) is 23.7 Å². The Morgan fingerprint density at radius 1 is 0.970 bits per heavy atom. The number of aromatic nitrogens is 2. The van der Waals surface area contributed by atoms with Gasteiger partial charge in [-0.15, -0.1) is 0 Å². The van der Waals surface area contributed by atoms with Crippen molar-refractivity contribution < 1.29 is 14.3 Å². The van der Waals surface area contributed by atoms with Gasteiger partial charge >= 0.3 is 0 Å². The summed E-state index contributed by atoms with van der Waals surface area (Å²) >= 11 is 6.28. The largest absolute Gasteiger partial charge is 0.497 e. The predicted molar refractivity (Wildman–Crippen MR) is 126 cm³/mol. The maximum Gasteiger partial charge on any atom is 0.255 e. The van der Waals surface area contributed by atoms with Crippen molar-refractivity contribution in [2.24, 2.45) is 0 Å². The summed E-state index contributed by atoms with van der Waals surface area (Å²) in [7, 11) is 1.63. The topological polar surface area (TPSA) is 67.8 Å². The number of fused-ring (bicyclic) bond motifs is 1. The molecule has 7 nitrogen and oxygen atoms in total. The highest BCUT2D eigenvalue weighted by molar-refractivity contribution is 6.33. The summed E-state index contributed by atoms with van der Waals surface area (Å²) in [4.78, 5) is 26.8. The van der Waals surface area contributed by atoms with Gasteiger partial charge in [0.15, 0.2) is 0 Å². The third kappa shape index (κ3) is 4.46. The molecule has 0 saturated carbocycles. The van der Waals surface area contributed by atoms with Crippen molar-refractivity contribution in [3.63, 3.8) is 0 Å². The molecule has 5 rings (SSSR count). The van der Waals surface area contributed by atoms with E-state index in [1.807, 2.05) is 36.4 Å². The van der Waals surface area contributed by atoms with Gasteiger partial charge in [-0.3, -0.25) is 4.79 Å². The summed E-state index contributed by atoms with van der Waals surface area (Å²) in [6, 6.07) is 14.5. The Hall–Kier alpha value is -3.32. The molecule has 2 aliphatic rings. The Labute approximate surface area is 197 Å². The first-order valence-electron chi connectivity index (χ1n) is 11.1. The van der Waals surface area contributed by atoms with E-state index in [1.54, 1.807) is 24.1 Å². The van der Waals surface area contributed by atoms with E-state index in [0.29, 0.717) is 47.7 Å². The summed E-state index contributed by atoms with van der Waals surface area (Å²) in [6.07, 6.45) is 2.90. The molecule has 3 aromatic rings. The number of carbonyl (C=O) groups excluding carboxylic acids is 1. The van der Waals surface area contributed by atoms with Crippen LogP contribution in [0.1, 0.15) is 34.5 Å². The molecular formula is C25H25ClN4O3. The van der Waals surface area contributed by atoms with Gasteiger partial charge in [0.2, 0.25) is 11.8 Å². The smallest absolute Gasteiger partial charge is 0.255 e. The first-order valence-corrected chi connectivity index (χ1v) is 11.5. The van der Waals surface area contributed by atoms with Gasteiger partial charge in [0, 0.05) is 26.1 Å². The van der Waals surface area contributed by atoms with Gasteiger partial charge in [0.25, 0.3) is 5.91 Å². The zero-order valence-electron chi connectivity index (χ0n) is 18.5. The molecule has 0 unspecified atom stereocenters. The molecule has 8 heteroatoms. The number of amides is 1. The monoisotopic (exact) mass is 464 g/mol. The molecule has 0 bridgehead atoms. The van der Waals surface area contributed by atoms with Crippen LogP contribution in [-0.2, 0) is 13.0 Å². The fourth-order valence-corrected chi connectivity index (χ4v) is 4.46. The number of nitrogens with zero attached hydrogens (tertiary/aromatic N) is 4. The Balaban J connectivity index is 1.48. The Kier molecular flexibility index (Phi) is 6.05. The number of methoxy groups -OCH3 is 1. The third-order valence-electron chi connectivity index (χ3n) is 6.06. The minimum absolute atomic E-state index is 0.106. The molecule has 2 aromatic carbocycles. The third-order valence-corrected chi connectivity index (χ3v) is 6.39. The van der Waals surface area contributed by atoms with Crippen molar-refractivity contribution >= 4 is 23.5 Å². The summed E-state index contributed by atoms with van der Waals surface area (Å²) in [5.41, 5.74) is 2.26. The fraction of sp³-hybridized carbons (Fsp3) is 0.320. The minimum Gasteiger partial charge on any atom is -0.497 e. The van der Waals surface area contributed by atoms with Crippen LogP contribution in [0, 0.1) is 0 Å². The van der Waals surface area contributed by atoms with E-state index in [1.165, 1.54) is 0 Å². The maximum absolute atomic E-state index is 13.2.